The highest BCUT2D eigenvalue weighted by Gasteiger charge is 2.30. The van der Waals surface area contributed by atoms with Gasteiger partial charge in [-0.05, 0) is 5.92 Å². The van der Waals surface area contributed by atoms with E-state index in [1.54, 1.807) is 0 Å². The molecule has 2 amide bonds. The van der Waals surface area contributed by atoms with Gasteiger partial charge in [0.25, 0.3) is 11.8 Å². The molecule has 1 heterocycles. The minimum Gasteiger partial charge on any atom is -0.272 e. The van der Waals surface area contributed by atoms with E-state index in [1.165, 1.54) is 7.11 Å². The zero-order valence-corrected chi connectivity index (χ0v) is 6.66. The molecule has 1 fully saturated rings. The highest BCUT2D eigenvalue weighted by molar-refractivity contribution is 5.96. The zero-order chi connectivity index (χ0) is 8.43. The lowest BCUT2D eigenvalue weighted by atomic mass is 9.99. The molecule has 4 nitrogen and oxygen atoms in total. The summed E-state index contributed by atoms with van der Waals surface area (Å²) in [6.45, 7) is 1.88. The molecule has 1 rings (SSSR count). The first-order valence-electron chi connectivity index (χ1n) is 3.55. The molecule has 1 aliphatic heterocycles. The van der Waals surface area contributed by atoms with Crippen LogP contribution in [-0.4, -0.2) is 24.0 Å². The molecule has 0 unspecified atom stereocenters. The van der Waals surface area contributed by atoms with Gasteiger partial charge in [0.1, 0.15) is 0 Å². The molecule has 0 aliphatic carbocycles. The molecule has 0 atom stereocenters. The Bertz CT molecular complexity index is 172. The van der Waals surface area contributed by atoms with Gasteiger partial charge in [-0.25, -0.2) is 0 Å². The van der Waals surface area contributed by atoms with Gasteiger partial charge in [-0.3, -0.25) is 14.4 Å². The van der Waals surface area contributed by atoms with Crippen molar-refractivity contribution in [1.82, 2.24) is 5.06 Å². The zero-order valence-electron chi connectivity index (χ0n) is 6.66. The van der Waals surface area contributed by atoms with Crippen molar-refractivity contribution in [3.63, 3.8) is 0 Å². The summed E-state index contributed by atoms with van der Waals surface area (Å²) in [5, 5.41) is 0.833. The fourth-order valence-electron chi connectivity index (χ4n) is 1.18. The number of imide groups is 1. The molecule has 0 aromatic rings. The Morgan fingerprint density at radius 2 is 1.82 bits per heavy atom. The second kappa shape index (κ2) is 3.00. The summed E-state index contributed by atoms with van der Waals surface area (Å²) < 4.78 is 0. The summed E-state index contributed by atoms with van der Waals surface area (Å²) in [6, 6.07) is 0. The van der Waals surface area contributed by atoms with Crippen LogP contribution >= 0.6 is 0 Å². The number of amides is 2. The summed E-state index contributed by atoms with van der Waals surface area (Å²) in [5.74, 6) is -0.325. The molecule has 1 saturated heterocycles. The standard InChI is InChI=1S/C7H11NO3/c1-5-3-6(9)8(11-2)7(10)4-5/h5H,3-4H2,1-2H3. The van der Waals surface area contributed by atoms with E-state index < -0.39 is 0 Å². The number of piperidine rings is 1. The molecule has 62 valence electrons. The van der Waals surface area contributed by atoms with Crippen molar-refractivity contribution in [2.75, 3.05) is 7.11 Å². The molecule has 11 heavy (non-hydrogen) atoms. The first kappa shape index (κ1) is 8.20. The van der Waals surface area contributed by atoms with Crippen LogP contribution in [0.5, 0.6) is 0 Å². The van der Waals surface area contributed by atoms with Gasteiger partial charge >= 0.3 is 0 Å². The molecule has 0 spiro atoms. The number of hydrogen-bond acceptors (Lipinski definition) is 3. The quantitative estimate of drug-likeness (QED) is 0.515. The van der Waals surface area contributed by atoms with E-state index in [4.69, 9.17) is 0 Å². The Hall–Kier alpha value is -0.900. The van der Waals surface area contributed by atoms with Crippen LogP contribution in [0.3, 0.4) is 0 Å². The number of hydroxylamine groups is 2. The predicted octanol–water partition coefficient (Wildman–Crippen LogP) is 0.333. The maximum Gasteiger partial charge on any atom is 0.253 e. The van der Waals surface area contributed by atoms with Gasteiger partial charge in [0.2, 0.25) is 0 Å². The number of carbonyl (C=O) groups is 2. The van der Waals surface area contributed by atoms with E-state index in [-0.39, 0.29) is 17.7 Å². The monoisotopic (exact) mass is 157 g/mol. The van der Waals surface area contributed by atoms with Gasteiger partial charge in [-0.1, -0.05) is 6.92 Å². The third-order valence-electron chi connectivity index (χ3n) is 1.68. The number of carbonyl (C=O) groups excluding carboxylic acids is 2. The summed E-state index contributed by atoms with van der Waals surface area (Å²) in [4.78, 5) is 26.7. The average molecular weight is 157 g/mol. The number of nitrogens with zero attached hydrogens (tertiary/aromatic N) is 1. The fourth-order valence-corrected chi connectivity index (χ4v) is 1.18. The van der Waals surface area contributed by atoms with Gasteiger partial charge in [-0.15, -0.1) is 0 Å². The van der Waals surface area contributed by atoms with E-state index >= 15 is 0 Å². The lowest BCUT2D eigenvalue weighted by Crippen LogP contribution is -2.41. The molecular formula is C7H11NO3. The van der Waals surface area contributed by atoms with Crippen LogP contribution in [0.25, 0.3) is 0 Å². The molecule has 4 heteroatoms. The number of rotatable bonds is 1. The van der Waals surface area contributed by atoms with Crippen LogP contribution in [0.4, 0.5) is 0 Å². The largest absolute Gasteiger partial charge is 0.272 e. The molecular weight excluding hydrogens is 146 g/mol. The van der Waals surface area contributed by atoms with Gasteiger partial charge in [0.15, 0.2) is 0 Å². The highest BCUT2D eigenvalue weighted by Crippen LogP contribution is 2.18. The SMILES string of the molecule is CON1C(=O)CC(C)CC1=O. The Morgan fingerprint density at radius 1 is 1.36 bits per heavy atom. The third kappa shape index (κ3) is 1.57. The van der Waals surface area contributed by atoms with Crippen LogP contribution in [0.2, 0.25) is 0 Å². The van der Waals surface area contributed by atoms with Crippen molar-refractivity contribution >= 4 is 11.8 Å². The Labute approximate surface area is 65.1 Å². The van der Waals surface area contributed by atoms with E-state index in [1.807, 2.05) is 6.92 Å². The highest BCUT2D eigenvalue weighted by atomic mass is 16.7. The molecule has 0 N–H and O–H groups in total. The topological polar surface area (TPSA) is 46.6 Å². The molecule has 0 aromatic heterocycles. The van der Waals surface area contributed by atoms with E-state index in [0.717, 1.165) is 5.06 Å². The maximum absolute atomic E-state index is 11.0. The Morgan fingerprint density at radius 3 is 2.18 bits per heavy atom. The van der Waals surface area contributed by atoms with Crippen LogP contribution in [0.1, 0.15) is 19.8 Å². The van der Waals surface area contributed by atoms with Crippen molar-refractivity contribution in [2.24, 2.45) is 5.92 Å². The normalized spacial score (nSPS) is 21.1. The molecule has 0 saturated carbocycles. The third-order valence-corrected chi connectivity index (χ3v) is 1.68. The lowest BCUT2D eigenvalue weighted by Gasteiger charge is -2.25. The van der Waals surface area contributed by atoms with Gasteiger partial charge in [0.05, 0.1) is 7.11 Å². The van der Waals surface area contributed by atoms with Crippen molar-refractivity contribution in [3.8, 4) is 0 Å². The molecule has 0 aromatic carbocycles. The second-order valence-corrected chi connectivity index (χ2v) is 2.78. The number of hydrogen-bond donors (Lipinski definition) is 0. The lowest BCUT2D eigenvalue weighted by molar-refractivity contribution is -0.193. The van der Waals surface area contributed by atoms with Gasteiger partial charge < -0.3 is 0 Å². The minimum absolute atomic E-state index is 0.154. The maximum atomic E-state index is 11.0. The second-order valence-electron chi connectivity index (χ2n) is 2.78. The molecule has 1 aliphatic rings. The predicted molar refractivity (Wildman–Crippen MR) is 37.3 cm³/mol. The van der Waals surface area contributed by atoms with Crippen molar-refractivity contribution in [3.05, 3.63) is 0 Å². The Kier molecular flexibility index (Phi) is 2.24. The minimum atomic E-state index is -0.240. The summed E-state index contributed by atoms with van der Waals surface area (Å²) >= 11 is 0. The Balaban J connectivity index is 2.67. The van der Waals surface area contributed by atoms with Crippen LogP contribution in [-0.2, 0) is 14.4 Å². The van der Waals surface area contributed by atoms with Gasteiger partial charge in [0, 0.05) is 12.8 Å². The molecule has 0 bridgehead atoms. The smallest absolute Gasteiger partial charge is 0.253 e. The van der Waals surface area contributed by atoms with E-state index in [0.29, 0.717) is 12.8 Å². The van der Waals surface area contributed by atoms with E-state index in [9.17, 15) is 9.59 Å². The summed E-state index contributed by atoms with van der Waals surface area (Å²) in [6.07, 6.45) is 0.805. The van der Waals surface area contributed by atoms with E-state index in [2.05, 4.69) is 4.84 Å². The van der Waals surface area contributed by atoms with Crippen molar-refractivity contribution < 1.29 is 14.4 Å². The summed E-state index contributed by atoms with van der Waals surface area (Å²) in [7, 11) is 1.33. The van der Waals surface area contributed by atoms with Crippen LogP contribution in [0.15, 0.2) is 0 Å². The van der Waals surface area contributed by atoms with Crippen LogP contribution in [0, 0.1) is 5.92 Å². The fraction of sp³-hybridized carbons (Fsp3) is 0.714. The van der Waals surface area contributed by atoms with Crippen molar-refractivity contribution in [1.29, 1.82) is 0 Å². The van der Waals surface area contributed by atoms with Crippen molar-refractivity contribution in [2.45, 2.75) is 19.8 Å². The van der Waals surface area contributed by atoms with Gasteiger partial charge in [-0.2, -0.15) is 5.06 Å². The first-order valence-corrected chi connectivity index (χ1v) is 3.55. The summed E-state index contributed by atoms with van der Waals surface area (Å²) in [5.41, 5.74) is 0. The average Bonchev–Trinajstić information content (AvgIpc) is 1.85. The first-order chi connectivity index (χ1) is 5.15. The molecule has 0 radical (unpaired) electrons. The van der Waals surface area contributed by atoms with Crippen LogP contribution < -0.4 is 0 Å².